The number of likely N-dealkylation sites (tertiary alicyclic amines) is 1. The lowest BCUT2D eigenvalue weighted by atomic mass is 9.92. The molecule has 1 amide bonds. The monoisotopic (exact) mass is 617 g/mol. The van der Waals surface area contributed by atoms with Gasteiger partial charge < -0.3 is 14.4 Å². The molecule has 41 heavy (non-hydrogen) atoms. The number of carboxylic acids is 1. The number of nitrogens with zero attached hydrogens (tertiary/aromatic N) is 1. The van der Waals surface area contributed by atoms with Gasteiger partial charge in [0.25, 0.3) is 0 Å². The molecule has 0 spiro atoms. The molecule has 1 atom stereocenters. The molecule has 224 valence electrons. The molecule has 0 bridgehead atoms. The van der Waals surface area contributed by atoms with Crippen LogP contribution < -0.4 is 0 Å². The average Bonchev–Trinajstić information content (AvgIpc) is 3.28. The number of hydrogen-bond acceptors (Lipinski definition) is 3. The number of halogens is 2. The maximum Gasteiger partial charge on any atom is 0.335 e. The lowest BCUT2D eigenvalue weighted by molar-refractivity contribution is -0.133. The van der Waals surface area contributed by atoms with Gasteiger partial charge in [-0.2, -0.15) is 0 Å². The van der Waals surface area contributed by atoms with Crippen molar-refractivity contribution >= 4 is 43.4 Å². The highest BCUT2D eigenvalue weighted by Crippen LogP contribution is 2.45. The minimum atomic E-state index is -1.91. The third-order valence-electron chi connectivity index (χ3n) is 9.57. The quantitative estimate of drug-likeness (QED) is 0.270. The zero-order chi connectivity index (χ0) is 30.1. The molecule has 0 unspecified atom stereocenters. The number of benzene rings is 2. The Balaban J connectivity index is 1.38. The van der Waals surface area contributed by atoms with E-state index < -0.39 is 14.3 Å². The molecule has 1 aliphatic heterocycles. The van der Waals surface area contributed by atoms with Crippen molar-refractivity contribution in [2.75, 3.05) is 6.54 Å². The Hall–Kier alpha value is -1.86. The summed E-state index contributed by atoms with van der Waals surface area (Å²) in [4.78, 5) is 26.8. The van der Waals surface area contributed by atoms with Crippen molar-refractivity contribution in [2.24, 2.45) is 5.92 Å². The van der Waals surface area contributed by atoms with E-state index in [-0.39, 0.29) is 23.4 Å². The van der Waals surface area contributed by atoms with Gasteiger partial charge in [0, 0.05) is 34.7 Å². The summed E-state index contributed by atoms with van der Waals surface area (Å²) in [6.07, 6.45) is 5.67. The van der Waals surface area contributed by atoms with E-state index in [1.54, 1.807) is 24.3 Å². The van der Waals surface area contributed by atoms with Gasteiger partial charge in [-0.05, 0) is 96.1 Å². The fourth-order valence-electron chi connectivity index (χ4n) is 7.50. The number of hydrogen-bond donors (Lipinski definition) is 1. The minimum absolute atomic E-state index is 0.123. The Morgan fingerprint density at radius 1 is 0.902 bits per heavy atom. The summed E-state index contributed by atoms with van der Waals surface area (Å²) in [7, 11) is -1.91. The van der Waals surface area contributed by atoms with Gasteiger partial charge in [-0.15, -0.1) is 0 Å². The number of aromatic carboxylic acids is 1. The fourth-order valence-corrected chi connectivity index (χ4v) is 13.8. The van der Waals surface area contributed by atoms with E-state index in [1.807, 2.05) is 12.1 Å². The number of carboxylic acid groups (broad SMARTS) is 1. The topological polar surface area (TPSA) is 66.8 Å². The van der Waals surface area contributed by atoms with Crippen molar-refractivity contribution in [1.29, 1.82) is 0 Å². The van der Waals surface area contributed by atoms with Crippen molar-refractivity contribution in [1.82, 2.24) is 4.90 Å². The second kappa shape index (κ2) is 13.2. The van der Waals surface area contributed by atoms with Crippen LogP contribution in [0.5, 0.6) is 0 Å². The van der Waals surface area contributed by atoms with Gasteiger partial charge in [0.05, 0.1) is 5.56 Å². The maximum absolute atomic E-state index is 13.6. The first-order chi connectivity index (χ1) is 19.3. The molecule has 1 aliphatic carbocycles. The van der Waals surface area contributed by atoms with Crippen molar-refractivity contribution in [2.45, 2.75) is 109 Å². The molecule has 0 radical (unpaired) electrons. The smallest absolute Gasteiger partial charge is 0.335 e. The molecule has 4 rings (SSSR count). The van der Waals surface area contributed by atoms with E-state index in [4.69, 9.17) is 32.7 Å². The SMILES string of the molecule is CC(C)[Si](O[C@H]1CC[C@@H](N2CC[C@@H](Cc3c(Cl)cc(-c4ccc(C(=O)O)cc4)cc3Cl)C2=O)CC1)(C(C)C)C(C)C. The van der Waals surface area contributed by atoms with E-state index in [0.29, 0.717) is 39.2 Å². The zero-order valence-corrected chi connectivity index (χ0v) is 27.8. The maximum atomic E-state index is 13.6. The summed E-state index contributed by atoms with van der Waals surface area (Å²) in [5.41, 5.74) is 4.41. The molecular weight excluding hydrogens is 573 g/mol. The van der Waals surface area contributed by atoms with Crippen LogP contribution in [0.2, 0.25) is 26.7 Å². The van der Waals surface area contributed by atoms with Gasteiger partial charge in [-0.1, -0.05) is 76.9 Å². The highest BCUT2D eigenvalue weighted by Gasteiger charge is 2.47. The van der Waals surface area contributed by atoms with E-state index in [2.05, 4.69) is 46.4 Å². The lowest BCUT2D eigenvalue weighted by Gasteiger charge is -2.46. The van der Waals surface area contributed by atoms with Gasteiger partial charge in [0.2, 0.25) is 14.2 Å². The first-order valence-corrected chi connectivity index (χ1v) is 18.0. The van der Waals surface area contributed by atoms with Crippen LogP contribution in [0.4, 0.5) is 0 Å². The van der Waals surface area contributed by atoms with Crippen LogP contribution in [-0.4, -0.2) is 48.9 Å². The standard InChI is InChI=1S/C33H45Cl2NO4Si/c1-20(2)41(21(3)4,22(5)6)40-28-13-11-27(12-14-28)36-16-15-25(32(36)37)17-29-30(34)18-26(19-31(29)35)23-7-9-24(10-8-23)33(38)39/h7-10,18-22,25,27-28H,11-17H2,1-6H3,(H,38,39)/t25-,27-,28+/m0/s1. The first kappa shape index (κ1) is 32.1. The van der Waals surface area contributed by atoms with E-state index in [9.17, 15) is 9.59 Å². The Morgan fingerprint density at radius 3 is 1.93 bits per heavy atom. The second-order valence-corrected chi connectivity index (χ2v) is 19.1. The summed E-state index contributed by atoms with van der Waals surface area (Å²) in [6, 6.07) is 10.6. The molecule has 1 heterocycles. The second-order valence-electron chi connectivity index (χ2n) is 12.9. The first-order valence-electron chi connectivity index (χ1n) is 15.1. The Bertz CT molecular complexity index is 1190. The molecule has 2 aliphatic rings. The summed E-state index contributed by atoms with van der Waals surface area (Å²) in [5.74, 6) is -0.876. The van der Waals surface area contributed by atoms with Crippen LogP contribution in [0.25, 0.3) is 11.1 Å². The van der Waals surface area contributed by atoms with Gasteiger partial charge in [-0.25, -0.2) is 4.79 Å². The molecule has 8 heteroatoms. The van der Waals surface area contributed by atoms with Crippen molar-refractivity contribution in [3.05, 3.63) is 57.6 Å². The van der Waals surface area contributed by atoms with E-state index >= 15 is 0 Å². The largest absolute Gasteiger partial charge is 0.478 e. The van der Waals surface area contributed by atoms with E-state index in [0.717, 1.165) is 55.3 Å². The third-order valence-corrected chi connectivity index (χ3v) is 16.4. The van der Waals surface area contributed by atoms with Crippen LogP contribution in [0.3, 0.4) is 0 Å². The van der Waals surface area contributed by atoms with Crippen LogP contribution >= 0.6 is 23.2 Å². The summed E-state index contributed by atoms with van der Waals surface area (Å²) in [5, 5.41) is 10.2. The molecule has 1 N–H and O–H groups in total. The van der Waals surface area contributed by atoms with Crippen LogP contribution in [-0.2, 0) is 15.6 Å². The summed E-state index contributed by atoms with van der Waals surface area (Å²) < 4.78 is 7.07. The van der Waals surface area contributed by atoms with E-state index in [1.165, 1.54) is 0 Å². The van der Waals surface area contributed by atoms with Crippen molar-refractivity contribution in [3.8, 4) is 11.1 Å². The van der Waals surface area contributed by atoms with Gasteiger partial charge in [0.1, 0.15) is 0 Å². The van der Waals surface area contributed by atoms with Gasteiger partial charge >= 0.3 is 5.97 Å². The molecular formula is C33H45Cl2NO4Si. The lowest BCUT2D eigenvalue weighted by Crippen LogP contribution is -2.51. The molecule has 2 fully saturated rings. The van der Waals surface area contributed by atoms with Crippen LogP contribution in [0.15, 0.2) is 36.4 Å². The molecule has 1 saturated heterocycles. The third kappa shape index (κ3) is 6.71. The molecule has 0 aromatic heterocycles. The fraction of sp³-hybridized carbons (Fsp3) is 0.576. The van der Waals surface area contributed by atoms with Crippen molar-refractivity contribution in [3.63, 3.8) is 0 Å². The molecule has 2 aromatic carbocycles. The number of rotatable bonds is 10. The van der Waals surface area contributed by atoms with Crippen LogP contribution in [0.1, 0.15) is 89.6 Å². The Kier molecular flexibility index (Phi) is 10.3. The highest BCUT2D eigenvalue weighted by molar-refractivity contribution is 6.77. The zero-order valence-electron chi connectivity index (χ0n) is 25.3. The number of carbonyl (C=O) groups is 2. The summed E-state index contributed by atoms with van der Waals surface area (Å²) >= 11 is 13.4. The highest BCUT2D eigenvalue weighted by atomic mass is 35.5. The molecule has 2 aromatic rings. The minimum Gasteiger partial charge on any atom is -0.478 e. The number of carbonyl (C=O) groups excluding carboxylic acids is 1. The van der Waals surface area contributed by atoms with Gasteiger partial charge in [0.15, 0.2) is 0 Å². The predicted molar refractivity (Wildman–Crippen MR) is 171 cm³/mol. The summed E-state index contributed by atoms with van der Waals surface area (Å²) in [6.45, 7) is 14.8. The Morgan fingerprint density at radius 2 is 1.44 bits per heavy atom. The van der Waals surface area contributed by atoms with Crippen LogP contribution in [0, 0.1) is 5.92 Å². The van der Waals surface area contributed by atoms with Gasteiger partial charge in [-0.3, -0.25) is 4.79 Å². The molecule has 1 saturated carbocycles. The average molecular weight is 619 g/mol. The Labute approximate surface area is 256 Å². The molecule has 5 nitrogen and oxygen atoms in total. The predicted octanol–water partition coefficient (Wildman–Crippen LogP) is 9.25. The number of amides is 1. The normalized spacial score (nSPS) is 21.9. The van der Waals surface area contributed by atoms with Crippen molar-refractivity contribution < 1.29 is 19.1 Å².